The molecule has 4 amide bonds. The Bertz CT molecular complexity index is 1670. The molecule has 2 saturated heterocycles. The summed E-state index contributed by atoms with van der Waals surface area (Å²) in [7, 11) is 2.53. The standard InChI is InChI=1S/C32H38N8O6/c1-17(33-31(43)45-3)29(41)39-13-5-7-25(39)27-35-21-11-9-19(15-23(21)37-27)20-10-12-22-24(16-20)38-28(36-22)26-8-6-14-40(26)30(42)18(2)34-32(44)46-4/h9-12,15-18,25-26H,5-8,13-14H2,1-4H3,(H,33,43)(H,34,44)(H,35,37)(H,36,38)/t17-,18-,25-,26-/m0/s1. The Morgan fingerprint density at radius 2 is 1.15 bits per heavy atom. The average molecular weight is 631 g/mol. The SMILES string of the molecule is COC(=O)N[C@@H](C)C(=O)N1CCC[C@H]1c1nc2cc(-c3ccc4[nH]c([C@@H]5CCCN5C(=O)[C@H](C)NC(=O)OC)nc4c3)ccc2[nH]1. The quantitative estimate of drug-likeness (QED) is 0.238. The summed E-state index contributed by atoms with van der Waals surface area (Å²) in [6, 6.07) is 10.2. The van der Waals surface area contributed by atoms with Gasteiger partial charge in [0.1, 0.15) is 23.7 Å². The second kappa shape index (κ2) is 12.7. The number of aromatic nitrogens is 4. The number of rotatable bonds is 7. The highest BCUT2D eigenvalue weighted by molar-refractivity contribution is 5.88. The number of ether oxygens (including phenoxy) is 2. The first-order valence-corrected chi connectivity index (χ1v) is 15.5. The molecule has 0 unspecified atom stereocenters. The van der Waals surface area contributed by atoms with E-state index in [1.54, 1.807) is 23.6 Å². The van der Waals surface area contributed by atoms with Crippen molar-refractivity contribution >= 4 is 46.1 Å². The van der Waals surface area contributed by atoms with Gasteiger partial charge >= 0.3 is 12.2 Å². The highest BCUT2D eigenvalue weighted by Crippen LogP contribution is 2.35. The van der Waals surface area contributed by atoms with Gasteiger partial charge in [0.05, 0.1) is 48.4 Å². The number of fused-ring (bicyclic) bond motifs is 2. The number of alkyl carbamates (subject to hydrolysis) is 2. The van der Waals surface area contributed by atoms with Gasteiger partial charge in [-0.25, -0.2) is 19.6 Å². The van der Waals surface area contributed by atoms with Gasteiger partial charge in [0, 0.05) is 13.1 Å². The summed E-state index contributed by atoms with van der Waals surface area (Å²) >= 11 is 0. The number of imidazole rings is 2. The molecule has 46 heavy (non-hydrogen) atoms. The number of aromatic amines is 2. The van der Waals surface area contributed by atoms with Gasteiger partial charge in [-0.15, -0.1) is 0 Å². The minimum Gasteiger partial charge on any atom is -0.453 e. The molecule has 4 N–H and O–H groups in total. The summed E-state index contributed by atoms with van der Waals surface area (Å²) in [5.41, 5.74) is 5.23. The minimum absolute atomic E-state index is 0.182. The predicted octanol–water partition coefficient (Wildman–Crippen LogP) is 3.92. The van der Waals surface area contributed by atoms with Crippen molar-refractivity contribution in [1.82, 2.24) is 40.4 Å². The number of hydrogen-bond donors (Lipinski definition) is 4. The predicted molar refractivity (Wildman–Crippen MR) is 169 cm³/mol. The van der Waals surface area contributed by atoms with E-state index in [0.29, 0.717) is 24.7 Å². The molecule has 4 aromatic rings. The topological polar surface area (TPSA) is 175 Å². The molecule has 4 heterocycles. The Kier molecular flexibility index (Phi) is 8.52. The first kappa shape index (κ1) is 30.9. The first-order chi connectivity index (χ1) is 22.2. The molecular formula is C32H38N8O6. The van der Waals surface area contributed by atoms with Crippen molar-refractivity contribution < 1.29 is 28.7 Å². The molecule has 0 aliphatic carbocycles. The number of carbonyl (C=O) groups is 4. The third-order valence-corrected chi connectivity index (χ3v) is 8.82. The third-order valence-electron chi connectivity index (χ3n) is 8.82. The minimum atomic E-state index is -0.717. The van der Waals surface area contributed by atoms with Gasteiger partial charge in [0.15, 0.2) is 0 Å². The number of methoxy groups -OCH3 is 2. The van der Waals surface area contributed by atoms with E-state index in [0.717, 1.165) is 58.9 Å². The molecule has 2 aliphatic rings. The van der Waals surface area contributed by atoms with E-state index in [1.807, 2.05) is 36.4 Å². The highest BCUT2D eigenvalue weighted by atomic mass is 16.5. The number of benzene rings is 2. The van der Waals surface area contributed by atoms with Crippen LogP contribution in [0.3, 0.4) is 0 Å². The van der Waals surface area contributed by atoms with Gasteiger partial charge in [0.25, 0.3) is 0 Å². The van der Waals surface area contributed by atoms with Crippen LogP contribution in [0.5, 0.6) is 0 Å². The Morgan fingerprint density at radius 3 is 1.54 bits per heavy atom. The number of likely N-dealkylation sites (tertiary alicyclic amines) is 2. The van der Waals surface area contributed by atoms with Crippen molar-refractivity contribution in [1.29, 1.82) is 0 Å². The molecule has 2 fully saturated rings. The zero-order valence-electron chi connectivity index (χ0n) is 26.3. The van der Waals surface area contributed by atoms with Crippen LogP contribution >= 0.6 is 0 Å². The van der Waals surface area contributed by atoms with Gasteiger partial charge in [-0.2, -0.15) is 0 Å². The normalized spacial score (nSPS) is 19.3. The van der Waals surface area contributed by atoms with Crippen LogP contribution in [0.2, 0.25) is 0 Å². The molecule has 0 radical (unpaired) electrons. The van der Waals surface area contributed by atoms with Crippen molar-refractivity contribution in [3.05, 3.63) is 48.0 Å². The van der Waals surface area contributed by atoms with Crippen LogP contribution in [0.4, 0.5) is 9.59 Å². The molecular weight excluding hydrogens is 592 g/mol. The fraction of sp³-hybridized carbons (Fsp3) is 0.438. The lowest BCUT2D eigenvalue weighted by Crippen LogP contribution is -2.46. The summed E-state index contributed by atoms with van der Waals surface area (Å²) in [5.74, 6) is 1.06. The molecule has 6 rings (SSSR count). The monoisotopic (exact) mass is 630 g/mol. The summed E-state index contributed by atoms with van der Waals surface area (Å²) in [6.45, 7) is 4.46. The lowest BCUT2D eigenvalue weighted by atomic mass is 10.0. The zero-order chi connectivity index (χ0) is 32.5. The van der Waals surface area contributed by atoms with Crippen molar-refractivity contribution in [2.75, 3.05) is 27.3 Å². The van der Waals surface area contributed by atoms with Crippen molar-refractivity contribution in [3.8, 4) is 11.1 Å². The molecule has 0 saturated carbocycles. The lowest BCUT2D eigenvalue weighted by Gasteiger charge is -2.26. The average Bonchev–Trinajstić information content (AvgIpc) is 3.87. The number of H-pyrrole nitrogens is 2. The van der Waals surface area contributed by atoms with Crippen LogP contribution in [0.1, 0.15) is 63.3 Å². The van der Waals surface area contributed by atoms with Crippen molar-refractivity contribution in [2.24, 2.45) is 0 Å². The first-order valence-electron chi connectivity index (χ1n) is 15.5. The van der Waals surface area contributed by atoms with Gasteiger partial charge < -0.3 is 39.9 Å². The molecule has 0 bridgehead atoms. The van der Waals surface area contributed by atoms with Crippen LogP contribution in [-0.4, -0.2) is 93.1 Å². The lowest BCUT2D eigenvalue weighted by molar-refractivity contribution is -0.134. The third kappa shape index (κ3) is 5.94. The molecule has 0 spiro atoms. The van der Waals surface area contributed by atoms with E-state index < -0.39 is 24.3 Å². The smallest absolute Gasteiger partial charge is 0.407 e. The maximum Gasteiger partial charge on any atom is 0.407 e. The molecule has 2 aliphatic heterocycles. The van der Waals surface area contributed by atoms with E-state index in [-0.39, 0.29) is 23.9 Å². The maximum atomic E-state index is 13.1. The van der Waals surface area contributed by atoms with Gasteiger partial charge in [0.2, 0.25) is 11.8 Å². The molecule has 2 aromatic heterocycles. The fourth-order valence-corrected chi connectivity index (χ4v) is 6.45. The molecule has 2 aromatic carbocycles. The van der Waals surface area contributed by atoms with Crippen molar-refractivity contribution in [3.63, 3.8) is 0 Å². The highest BCUT2D eigenvalue weighted by Gasteiger charge is 2.36. The Hall–Kier alpha value is -5.14. The number of nitrogens with zero attached hydrogens (tertiary/aromatic N) is 4. The molecule has 14 heteroatoms. The van der Waals surface area contributed by atoms with Crippen LogP contribution in [0, 0.1) is 0 Å². The van der Waals surface area contributed by atoms with Crippen molar-refractivity contribution in [2.45, 2.75) is 63.7 Å². The second-order valence-electron chi connectivity index (χ2n) is 11.8. The van der Waals surface area contributed by atoms with Gasteiger partial charge in [-0.1, -0.05) is 12.1 Å². The fourth-order valence-electron chi connectivity index (χ4n) is 6.45. The van der Waals surface area contributed by atoms with E-state index in [2.05, 4.69) is 30.1 Å². The molecule has 242 valence electrons. The Morgan fingerprint density at radius 1 is 0.739 bits per heavy atom. The van der Waals surface area contributed by atoms with Crippen LogP contribution in [-0.2, 0) is 19.1 Å². The zero-order valence-corrected chi connectivity index (χ0v) is 26.3. The summed E-state index contributed by atoms with van der Waals surface area (Å²) in [4.78, 5) is 69.6. The van der Waals surface area contributed by atoms with Crippen LogP contribution in [0.25, 0.3) is 33.2 Å². The second-order valence-corrected chi connectivity index (χ2v) is 11.8. The maximum absolute atomic E-state index is 13.1. The van der Waals surface area contributed by atoms with E-state index in [9.17, 15) is 19.2 Å². The number of carbonyl (C=O) groups excluding carboxylic acids is 4. The summed E-state index contributed by atoms with van der Waals surface area (Å²) < 4.78 is 9.28. The number of amides is 4. The Balaban J connectivity index is 1.21. The van der Waals surface area contributed by atoms with E-state index in [4.69, 9.17) is 9.97 Å². The number of nitrogens with one attached hydrogen (secondary N) is 4. The largest absolute Gasteiger partial charge is 0.453 e. The van der Waals surface area contributed by atoms with E-state index in [1.165, 1.54) is 14.2 Å². The van der Waals surface area contributed by atoms with Gasteiger partial charge in [-0.05, 0) is 74.9 Å². The summed E-state index contributed by atoms with van der Waals surface area (Å²) in [5, 5.41) is 5.11. The molecule has 14 nitrogen and oxygen atoms in total. The van der Waals surface area contributed by atoms with Crippen LogP contribution in [0.15, 0.2) is 36.4 Å². The Labute approximate surface area is 265 Å². The molecule has 4 atom stereocenters. The van der Waals surface area contributed by atoms with Gasteiger partial charge in [-0.3, -0.25) is 9.59 Å². The summed E-state index contributed by atoms with van der Waals surface area (Å²) in [6.07, 6.45) is 1.93. The van der Waals surface area contributed by atoms with Crippen LogP contribution < -0.4 is 10.6 Å². The van der Waals surface area contributed by atoms with E-state index >= 15 is 0 Å². The number of hydrogen-bond acceptors (Lipinski definition) is 8.